The summed E-state index contributed by atoms with van der Waals surface area (Å²) in [5.74, 6) is 0.810. The number of carbonyl (C=O) groups is 1. The third kappa shape index (κ3) is 4.51. The van der Waals surface area contributed by atoms with Crippen LogP contribution in [0.1, 0.15) is 19.4 Å². The molecule has 0 unspecified atom stereocenters. The van der Waals surface area contributed by atoms with Crippen molar-refractivity contribution in [2.45, 2.75) is 19.6 Å². The molecule has 0 bridgehead atoms. The summed E-state index contributed by atoms with van der Waals surface area (Å²) in [6.07, 6.45) is 0. The van der Waals surface area contributed by atoms with Crippen LogP contribution < -0.4 is 19.5 Å². The first-order valence-corrected chi connectivity index (χ1v) is 10.1. The van der Waals surface area contributed by atoms with Crippen LogP contribution in [0.25, 0.3) is 0 Å². The second kappa shape index (κ2) is 7.11. The Kier molecular flexibility index (Phi) is 5.01. The normalized spacial score (nSPS) is 15.7. The van der Waals surface area contributed by atoms with E-state index in [4.69, 9.17) is 9.47 Å². The van der Waals surface area contributed by atoms with E-state index in [-0.39, 0.29) is 18.3 Å². The molecule has 0 fully saturated rings. The molecule has 27 heavy (non-hydrogen) atoms. The molecule has 1 aliphatic rings. The van der Waals surface area contributed by atoms with Crippen LogP contribution in [0, 0.1) is 5.41 Å². The van der Waals surface area contributed by atoms with E-state index in [9.17, 15) is 13.2 Å². The van der Waals surface area contributed by atoms with E-state index in [1.54, 1.807) is 63.4 Å². The molecule has 2 N–H and O–H groups in total. The Morgan fingerprint density at radius 1 is 1.19 bits per heavy atom. The highest BCUT2D eigenvalue weighted by Gasteiger charge is 2.32. The lowest BCUT2D eigenvalue weighted by atomic mass is 9.94. The second-order valence-corrected chi connectivity index (χ2v) is 8.77. The molecular formula is C19H22N2O5S. The van der Waals surface area contributed by atoms with Crippen molar-refractivity contribution < 1.29 is 22.7 Å². The number of methoxy groups -OCH3 is 1. The molecule has 0 aromatic heterocycles. The summed E-state index contributed by atoms with van der Waals surface area (Å²) >= 11 is 0. The number of anilines is 2. The van der Waals surface area contributed by atoms with Crippen LogP contribution in [0.15, 0.2) is 42.5 Å². The molecule has 0 atom stereocenters. The van der Waals surface area contributed by atoms with Crippen LogP contribution in [-0.4, -0.2) is 28.0 Å². The van der Waals surface area contributed by atoms with Crippen LogP contribution in [0.5, 0.6) is 11.5 Å². The molecule has 144 valence electrons. The fraction of sp³-hybridized carbons (Fsp3) is 0.316. The van der Waals surface area contributed by atoms with Gasteiger partial charge in [-0.15, -0.1) is 0 Å². The highest BCUT2D eigenvalue weighted by Crippen LogP contribution is 2.34. The number of benzene rings is 2. The van der Waals surface area contributed by atoms with Gasteiger partial charge in [-0.05, 0) is 49.7 Å². The van der Waals surface area contributed by atoms with Crippen LogP contribution in [0.4, 0.5) is 11.4 Å². The van der Waals surface area contributed by atoms with Gasteiger partial charge in [0, 0.05) is 0 Å². The molecule has 0 aliphatic carbocycles. The van der Waals surface area contributed by atoms with Gasteiger partial charge in [-0.1, -0.05) is 12.1 Å². The van der Waals surface area contributed by atoms with Crippen LogP contribution in [0.2, 0.25) is 0 Å². The van der Waals surface area contributed by atoms with Crippen LogP contribution in [-0.2, 0) is 20.6 Å². The van der Waals surface area contributed by atoms with Crippen molar-refractivity contribution in [3.63, 3.8) is 0 Å². The lowest BCUT2D eigenvalue weighted by Gasteiger charge is -2.18. The van der Waals surface area contributed by atoms with Gasteiger partial charge in [0.2, 0.25) is 15.9 Å². The number of amides is 1. The van der Waals surface area contributed by atoms with Gasteiger partial charge < -0.3 is 14.8 Å². The van der Waals surface area contributed by atoms with Crippen LogP contribution >= 0.6 is 0 Å². The maximum absolute atomic E-state index is 12.5. The first-order chi connectivity index (χ1) is 12.7. The SMILES string of the molecule is COc1ccc(CS(=O)(=O)Nc2ccc3c(c2)NC(=O)C(C)(C)CO3)cc1. The highest BCUT2D eigenvalue weighted by molar-refractivity contribution is 7.91. The number of rotatable bonds is 5. The van der Waals surface area contributed by atoms with Crippen LogP contribution in [0.3, 0.4) is 0 Å². The van der Waals surface area contributed by atoms with Gasteiger partial charge in [0.15, 0.2) is 0 Å². The zero-order valence-corrected chi connectivity index (χ0v) is 16.2. The van der Waals surface area contributed by atoms with Gasteiger partial charge in [-0.25, -0.2) is 8.42 Å². The van der Waals surface area contributed by atoms with Crippen molar-refractivity contribution in [3.8, 4) is 11.5 Å². The molecule has 0 spiro atoms. The minimum absolute atomic E-state index is 0.177. The summed E-state index contributed by atoms with van der Waals surface area (Å²) in [6, 6.07) is 11.6. The van der Waals surface area contributed by atoms with E-state index >= 15 is 0 Å². The van der Waals surface area contributed by atoms with Gasteiger partial charge in [0.25, 0.3) is 0 Å². The number of carbonyl (C=O) groups excluding carboxylic acids is 1. The van der Waals surface area contributed by atoms with Crippen molar-refractivity contribution in [3.05, 3.63) is 48.0 Å². The van der Waals surface area contributed by atoms with E-state index in [0.717, 1.165) is 0 Å². The van der Waals surface area contributed by atoms with Crippen molar-refractivity contribution in [2.24, 2.45) is 5.41 Å². The standard InChI is InChI=1S/C19H22N2O5S/c1-19(2)12-26-17-9-6-14(10-16(17)20-18(19)22)21-27(23,24)11-13-4-7-15(25-3)8-5-13/h4-10,21H,11-12H2,1-3H3,(H,20,22). The van der Waals surface area contributed by atoms with Crippen molar-refractivity contribution >= 4 is 27.3 Å². The predicted molar refractivity (Wildman–Crippen MR) is 104 cm³/mol. The maximum Gasteiger partial charge on any atom is 0.236 e. The predicted octanol–water partition coefficient (Wildman–Crippen LogP) is 2.99. The Morgan fingerprint density at radius 2 is 1.89 bits per heavy atom. The van der Waals surface area contributed by atoms with Gasteiger partial charge in [0.05, 0.1) is 29.7 Å². The maximum atomic E-state index is 12.5. The van der Waals surface area contributed by atoms with Crippen molar-refractivity contribution in [1.29, 1.82) is 0 Å². The number of fused-ring (bicyclic) bond motifs is 1. The molecule has 0 saturated carbocycles. The molecule has 2 aromatic carbocycles. The zero-order valence-electron chi connectivity index (χ0n) is 15.4. The lowest BCUT2D eigenvalue weighted by molar-refractivity contribution is -0.124. The Labute approximate surface area is 158 Å². The first kappa shape index (κ1) is 19.0. The molecule has 1 amide bonds. The number of hydrogen-bond acceptors (Lipinski definition) is 5. The van der Waals surface area contributed by atoms with Gasteiger partial charge in [-0.3, -0.25) is 9.52 Å². The van der Waals surface area contributed by atoms with E-state index < -0.39 is 15.4 Å². The smallest absolute Gasteiger partial charge is 0.236 e. The number of nitrogens with one attached hydrogen (secondary N) is 2. The third-order valence-electron chi connectivity index (χ3n) is 4.22. The first-order valence-electron chi connectivity index (χ1n) is 8.40. The number of hydrogen-bond donors (Lipinski definition) is 2. The number of sulfonamides is 1. The second-order valence-electron chi connectivity index (χ2n) is 7.05. The molecule has 1 heterocycles. The minimum atomic E-state index is -3.62. The summed E-state index contributed by atoms with van der Waals surface area (Å²) in [5, 5.41) is 2.79. The quantitative estimate of drug-likeness (QED) is 0.819. The summed E-state index contributed by atoms with van der Waals surface area (Å²) < 4.78 is 38.2. The summed E-state index contributed by atoms with van der Waals surface area (Å²) in [6.45, 7) is 3.81. The minimum Gasteiger partial charge on any atom is -0.497 e. The topological polar surface area (TPSA) is 93.7 Å². The van der Waals surface area contributed by atoms with Gasteiger partial charge in [-0.2, -0.15) is 0 Å². The summed E-state index contributed by atoms with van der Waals surface area (Å²) in [7, 11) is -2.07. The average molecular weight is 390 g/mol. The zero-order chi connectivity index (χ0) is 19.7. The molecule has 8 heteroatoms. The van der Waals surface area contributed by atoms with E-state index in [1.807, 2.05) is 0 Å². The lowest BCUT2D eigenvalue weighted by Crippen LogP contribution is -2.33. The van der Waals surface area contributed by atoms with E-state index in [2.05, 4.69) is 10.0 Å². The van der Waals surface area contributed by atoms with Crippen molar-refractivity contribution in [1.82, 2.24) is 0 Å². The molecular weight excluding hydrogens is 368 g/mol. The van der Waals surface area contributed by atoms with Gasteiger partial charge >= 0.3 is 0 Å². The van der Waals surface area contributed by atoms with E-state index in [1.165, 1.54) is 0 Å². The Balaban J connectivity index is 1.76. The average Bonchev–Trinajstić information content (AvgIpc) is 2.71. The Hall–Kier alpha value is -2.74. The molecule has 0 saturated heterocycles. The highest BCUT2D eigenvalue weighted by atomic mass is 32.2. The molecule has 1 aliphatic heterocycles. The fourth-order valence-corrected chi connectivity index (χ4v) is 3.78. The van der Waals surface area contributed by atoms with Gasteiger partial charge in [0.1, 0.15) is 18.1 Å². The summed E-state index contributed by atoms with van der Waals surface area (Å²) in [4.78, 5) is 12.2. The summed E-state index contributed by atoms with van der Waals surface area (Å²) in [5.41, 5.74) is 0.755. The monoisotopic (exact) mass is 390 g/mol. The Bertz CT molecular complexity index is 953. The van der Waals surface area contributed by atoms with E-state index in [0.29, 0.717) is 28.4 Å². The molecule has 2 aromatic rings. The fourth-order valence-electron chi connectivity index (χ4n) is 2.59. The molecule has 0 radical (unpaired) electrons. The Morgan fingerprint density at radius 3 is 2.56 bits per heavy atom. The molecule has 7 nitrogen and oxygen atoms in total. The number of ether oxygens (including phenoxy) is 2. The van der Waals surface area contributed by atoms with Crippen molar-refractivity contribution in [2.75, 3.05) is 23.8 Å². The molecule has 3 rings (SSSR count). The largest absolute Gasteiger partial charge is 0.497 e. The third-order valence-corrected chi connectivity index (χ3v) is 5.48.